The highest BCUT2D eigenvalue weighted by molar-refractivity contribution is 6.06. The van der Waals surface area contributed by atoms with E-state index >= 15 is 0 Å². The van der Waals surface area contributed by atoms with E-state index in [0.29, 0.717) is 47.5 Å². The number of benzene rings is 2. The number of rotatable bonds is 4. The number of amides is 1. The van der Waals surface area contributed by atoms with Crippen molar-refractivity contribution in [2.75, 3.05) is 32.8 Å². The van der Waals surface area contributed by atoms with Crippen LogP contribution >= 0.6 is 0 Å². The zero-order chi connectivity index (χ0) is 17.1. The molecule has 3 rings (SSSR count). The Kier molecular flexibility index (Phi) is 4.46. The number of ether oxygens (including phenoxy) is 4. The number of carbonyl (C=O) groups excluding carboxylic acids is 1. The summed E-state index contributed by atoms with van der Waals surface area (Å²) in [6.07, 6.45) is 0. The van der Waals surface area contributed by atoms with Crippen LogP contribution < -0.4 is 24.3 Å². The molecule has 0 saturated carbocycles. The Balaban J connectivity index is 1.87. The lowest BCUT2D eigenvalue weighted by Gasteiger charge is -2.19. The molecule has 0 atom stereocenters. The molecule has 0 radical (unpaired) electrons. The van der Waals surface area contributed by atoms with Gasteiger partial charge in [-0.25, -0.2) is 0 Å². The van der Waals surface area contributed by atoms with E-state index in [0.717, 1.165) is 5.56 Å². The lowest BCUT2D eigenvalue weighted by molar-refractivity contribution is 0.102. The summed E-state index contributed by atoms with van der Waals surface area (Å²) in [4.78, 5) is 12.6. The van der Waals surface area contributed by atoms with E-state index in [9.17, 15) is 4.79 Å². The van der Waals surface area contributed by atoms with Gasteiger partial charge in [-0.2, -0.15) is 0 Å². The summed E-state index contributed by atoms with van der Waals surface area (Å²) in [5.74, 6) is 2.12. The van der Waals surface area contributed by atoms with Crippen LogP contribution in [0.5, 0.6) is 23.0 Å². The fourth-order valence-corrected chi connectivity index (χ4v) is 2.55. The van der Waals surface area contributed by atoms with E-state index in [1.807, 2.05) is 6.92 Å². The third kappa shape index (κ3) is 3.08. The van der Waals surface area contributed by atoms with E-state index in [2.05, 4.69) is 5.32 Å². The van der Waals surface area contributed by atoms with Crippen LogP contribution in [0.1, 0.15) is 15.9 Å². The summed E-state index contributed by atoms with van der Waals surface area (Å²) in [7, 11) is 3.10. The molecule has 0 spiro atoms. The van der Waals surface area contributed by atoms with E-state index in [1.54, 1.807) is 37.4 Å². The predicted octanol–water partition coefficient (Wildman–Crippen LogP) is 3.04. The summed E-state index contributed by atoms with van der Waals surface area (Å²) >= 11 is 0. The van der Waals surface area contributed by atoms with Crippen LogP contribution in [0.25, 0.3) is 0 Å². The molecule has 2 aromatic carbocycles. The Labute approximate surface area is 140 Å². The molecule has 0 bridgehead atoms. The minimum absolute atomic E-state index is 0.290. The first-order chi connectivity index (χ1) is 11.6. The van der Waals surface area contributed by atoms with E-state index in [1.165, 1.54) is 7.11 Å². The van der Waals surface area contributed by atoms with Gasteiger partial charge in [0.2, 0.25) is 0 Å². The second-order valence-electron chi connectivity index (χ2n) is 5.33. The van der Waals surface area contributed by atoms with Crippen molar-refractivity contribution < 1.29 is 23.7 Å². The van der Waals surface area contributed by atoms with Crippen LogP contribution in [-0.4, -0.2) is 33.3 Å². The lowest BCUT2D eigenvalue weighted by Crippen LogP contribution is -2.17. The molecule has 0 aromatic heterocycles. The minimum atomic E-state index is -0.290. The van der Waals surface area contributed by atoms with Crippen LogP contribution in [0.15, 0.2) is 30.3 Å². The number of hydrogen-bond acceptors (Lipinski definition) is 5. The highest BCUT2D eigenvalue weighted by Gasteiger charge is 2.17. The van der Waals surface area contributed by atoms with E-state index < -0.39 is 0 Å². The van der Waals surface area contributed by atoms with Crippen LogP contribution in [0.4, 0.5) is 5.69 Å². The van der Waals surface area contributed by atoms with Crippen molar-refractivity contribution in [3.63, 3.8) is 0 Å². The smallest absolute Gasteiger partial charge is 0.259 e. The van der Waals surface area contributed by atoms with Crippen LogP contribution in [0, 0.1) is 6.92 Å². The molecule has 6 heteroatoms. The zero-order valence-corrected chi connectivity index (χ0v) is 13.8. The molecule has 24 heavy (non-hydrogen) atoms. The van der Waals surface area contributed by atoms with Crippen molar-refractivity contribution >= 4 is 11.6 Å². The molecular formula is C18H19NO5. The third-order valence-corrected chi connectivity index (χ3v) is 3.76. The largest absolute Gasteiger partial charge is 0.496 e. The van der Waals surface area contributed by atoms with Gasteiger partial charge in [0.05, 0.1) is 19.8 Å². The van der Waals surface area contributed by atoms with Crippen LogP contribution in [-0.2, 0) is 0 Å². The maximum absolute atomic E-state index is 12.6. The second-order valence-corrected chi connectivity index (χ2v) is 5.33. The van der Waals surface area contributed by atoms with Crippen molar-refractivity contribution in [1.29, 1.82) is 0 Å². The van der Waals surface area contributed by atoms with Crippen molar-refractivity contribution in [1.82, 2.24) is 0 Å². The van der Waals surface area contributed by atoms with Gasteiger partial charge < -0.3 is 24.3 Å². The molecule has 1 amide bonds. The Bertz CT molecular complexity index is 772. The van der Waals surface area contributed by atoms with Crippen LogP contribution in [0.3, 0.4) is 0 Å². The number of carbonyl (C=O) groups is 1. The maximum Gasteiger partial charge on any atom is 0.259 e. The maximum atomic E-state index is 12.6. The third-order valence-electron chi connectivity index (χ3n) is 3.76. The number of anilines is 1. The number of methoxy groups -OCH3 is 2. The second kappa shape index (κ2) is 6.70. The van der Waals surface area contributed by atoms with Gasteiger partial charge in [0, 0.05) is 11.8 Å². The van der Waals surface area contributed by atoms with Gasteiger partial charge in [-0.15, -0.1) is 0 Å². The summed E-state index contributed by atoms with van der Waals surface area (Å²) < 4.78 is 21.6. The Morgan fingerprint density at radius 1 is 1.00 bits per heavy atom. The number of aryl methyl sites for hydroxylation is 1. The van der Waals surface area contributed by atoms with Crippen molar-refractivity contribution in [2.24, 2.45) is 0 Å². The van der Waals surface area contributed by atoms with Gasteiger partial charge in [0.15, 0.2) is 11.5 Å². The lowest BCUT2D eigenvalue weighted by atomic mass is 10.1. The molecule has 0 aliphatic carbocycles. The molecule has 1 N–H and O–H groups in total. The van der Waals surface area contributed by atoms with Gasteiger partial charge in [0.1, 0.15) is 24.7 Å². The molecule has 1 aliphatic rings. The van der Waals surface area contributed by atoms with E-state index in [4.69, 9.17) is 18.9 Å². The number of hydrogen-bond donors (Lipinski definition) is 1. The summed E-state index contributed by atoms with van der Waals surface area (Å²) in [5, 5.41) is 2.84. The SMILES string of the molecule is COc1cc(C(=O)Nc2ccc3c(c2)OCCO3)c(OC)cc1C. The minimum Gasteiger partial charge on any atom is -0.496 e. The van der Waals surface area contributed by atoms with Crippen molar-refractivity contribution in [2.45, 2.75) is 6.92 Å². The molecule has 1 heterocycles. The molecule has 0 fully saturated rings. The van der Waals surface area contributed by atoms with Crippen molar-refractivity contribution in [3.05, 3.63) is 41.5 Å². The summed E-state index contributed by atoms with van der Waals surface area (Å²) in [6, 6.07) is 8.73. The summed E-state index contributed by atoms with van der Waals surface area (Å²) in [5.41, 5.74) is 1.91. The first-order valence-electron chi connectivity index (χ1n) is 7.56. The monoisotopic (exact) mass is 329 g/mol. The highest BCUT2D eigenvalue weighted by Crippen LogP contribution is 2.33. The van der Waals surface area contributed by atoms with Crippen LogP contribution in [0.2, 0.25) is 0 Å². The topological polar surface area (TPSA) is 66.0 Å². The normalized spacial score (nSPS) is 12.5. The molecule has 2 aromatic rings. The highest BCUT2D eigenvalue weighted by atomic mass is 16.6. The standard InChI is InChI=1S/C18H19NO5/c1-11-8-16(22-3)13(10-15(11)21-2)18(20)19-12-4-5-14-17(9-12)24-7-6-23-14/h4-5,8-10H,6-7H2,1-3H3,(H,19,20). The Morgan fingerprint density at radius 3 is 2.42 bits per heavy atom. The quantitative estimate of drug-likeness (QED) is 0.934. The van der Waals surface area contributed by atoms with Crippen molar-refractivity contribution in [3.8, 4) is 23.0 Å². The Morgan fingerprint density at radius 2 is 1.71 bits per heavy atom. The average Bonchev–Trinajstić information content (AvgIpc) is 2.61. The van der Waals surface area contributed by atoms with Gasteiger partial charge in [-0.1, -0.05) is 0 Å². The zero-order valence-electron chi connectivity index (χ0n) is 13.8. The van der Waals surface area contributed by atoms with Gasteiger partial charge in [-0.3, -0.25) is 4.79 Å². The first-order valence-corrected chi connectivity index (χ1v) is 7.56. The first kappa shape index (κ1) is 16.0. The molecule has 6 nitrogen and oxygen atoms in total. The number of nitrogens with one attached hydrogen (secondary N) is 1. The molecule has 126 valence electrons. The molecule has 0 saturated heterocycles. The fourth-order valence-electron chi connectivity index (χ4n) is 2.55. The number of fused-ring (bicyclic) bond motifs is 1. The molecule has 1 aliphatic heterocycles. The fraction of sp³-hybridized carbons (Fsp3) is 0.278. The van der Waals surface area contributed by atoms with E-state index in [-0.39, 0.29) is 5.91 Å². The Hall–Kier alpha value is -2.89. The molecular weight excluding hydrogens is 310 g/mol. The van der Waals surface area contributed by atoms with Gasteiger partial charge in [0.25, 0.3) is 5.91 Å². The summed E-state index contributed by atoms with van der Waals surface area (Å²) in [6.45, 7) is 2.91. The predicted molar refractivity (Wildman–Crippen MR) is 89.7 cm³/mol. The van der Waals surface area contributed by atoms with Gasteiger partial charge in [-0.05, 0) is 36.8 Å². The van der Waals surface area contributed by atoms with Gasteiger partial charge >= 0.3 is 0 Å². The molecule has 0 unspecified atom stereocenters. The average molecular weight is 329 g/mol.